The zero-order valence-corrected chi connectivity index (χ0v) is 23.2. The monoisotopic (exact) mass is 577 g/mol. The zero-order valence-electron chi connectivity index (χ0n) is 23.2. The number of aryl methyl sites for hydroxylation is 1. The molecule has 2 aliphatic rings. The van der Waals surface area contributed by atoms with Crippen LogP contribution in [0.1, 0.15) is 22.3 Å². The fourth-order valence-electron chi connectivity index (χ4n) is 5.70. The Balaban J connectivity index is 1.11. The van der Waals surface area contributed by atoms with E-state index < -0.39 is 6.61 Å². The molecule has 220 valence electrons. The summed E-state index contributed by atoms with van der Waals surface area (Å²) in [6.07, 6.45) is 5.66. The molecule has 3 N–H and O–H groups in total. The number of ether oxygens (including phenoxy) is 1. The number of benzene rings is 2. The summed E-state index contributed by atoms with van der Waals surface area (Å²) in [4.78, 5) is 26.6. The Kier molecular flexibility index (Phi) is 8.00. The molecule has 6 rings (SSSR count). The van der Waals surface area contributed by atoms with Gasteiger partial charge in [0.15, 0.2) is 11.5 Å². The standard InChI is InChI=1S/C30H33F2N7O3/c1-19-14-21(4-7-25(19)29(41)38-12-10-37(11-13-38)18-22-15-23(40)16-34-22)36-27-28-35-17-26(39(28)9-8-33-27)20-2-5-24(6-3-20)42-30(31)32/h2-9,14,17,22-23,30,34,40H,10-13,15-16,18H2,1H3,(H,33,36)/t22?,23-/m0/s1. The summed E-state index contributed by atoms with van der Waals surface area (Å²) in [5.74, 6) is 0.654. The van der Waals surface area contributed by atoms with Gasteiger partial charge in [0.1, 0.15) is 5.75 Å². The van der Waals surface area contributed by atoms with Crippen molar-refractivity contribution in [1.29, 1.82) is 0 Å². The number of fused-ring (bicyclic) bond motifs is 1. The summed E-state index contributed by atoms with van der Waals surface area (Å²) in [6, 6.07) is 12.3. The number of nitrogens with one attached hydrogen (secondary N) is 2. The number of aliphatic hydroxyl groups excluding tert-OH is 1. The van der Waals surface area contributed by atoms with Crippen LogP contribution in [0.2, 0.25) is 0 Å². The average molecular weight is 578 g/mol. The molecule has 4 heterocycles. The maximum atomic E-state index is 13.3. The van der Waals surface area contributed by atoms with E-state index in [1.54, 1.807) is 30.7 Å². The average Bonchev–Trinajstić information content (AvgIpc) is 3.60. The Bertz CT molecular complexity index is 1550. The van der Waals surface area contributed by atoms with Crippen LogP contribution in [0.5, 0.6) is 5.75 Å². The minimum atomic E-state index is -2.88. The van der Waals surface area contributed by atoms with Crippen LogP contribution in [0.15, 0.2) is 61.1 Å². The van der Waals surface area contributed by atoms with Gasteiger partial charge in [-0.3, -0.25) is 14.1 Å². The van der Waals surface area contributed by atoms with Gasteiger partial charge in [-0.1, -0.05) is 0 Å². The van der Waals surface area contributed by atoms with Crippen LogP contribution in [0.4, 0.5) is 20.3 Å². The smallest absolute Gasteiger partial charge is 0.387 e. The Morgan fingerprint density at radius 1 is 1.14 bits per heavy atom. The number of nitrogens with zero attached hydrogens (tertiary/aromatic N) is 5. The van der Waals surface area contributed by atoms with Gasteiger partial charge in [-0.05, 0) is 61.4 Å². The predicted molar refractivity (Wildman–Crippen MR) is 154 cm³/mol. The van der Waals surface area contributed by atoms with Gasteiger partial charge in [0.25, 0.3) is 5.91 Å². The van der Waals surface area contributed by atoms with E-state index in [1.807, 2.05) is 34.4 Å². The lowest BCUT2D eigenvalue weighted by Gasteiger charge is -2.36. The van der Waals surface area contributed by atoms with Gasteiger partial charge in [0.2, 0.25) is 0 Å². The quantitative estimate of drug-likeness (QED) is 0.292. The Morgan fingerprint density at radius 2 is 1.93 bits per heavy atom. The van der Waals surface area contributed by atoms with Crippen LogP contribution in [0, 0.1) is 6.92 Å². The van der Waals surface area contributed by atoms with E-state index in [1.165, 1.54) is 12.1 Å². The molecule has 12 heteroatoms. The van der Waals surface area contributed by atoms with Crippen molar-refractivity contribution in [2.45, 2.75) is 32.1 Å². The van der Waals surface area contributed by atoms with Crippen LogP contribution in [0.3, 0.4) is 0 Å². The Morgan fingerprint density at radius 3 is 2.62 bits per heavy atom. The largest absolute Gasteiger partial charge is 0.435 e. The summed E-state index contributed by atoms with van der Waals surface area (Å²) in [5.41, 5.74) is 4.46. The third-order valence-corrected chi connectivity index (χ3v) is 7.86. The molecule has 2 aromatic carbocycles. The van der Waals surface area contributed by atoms with Crippen molar-refractivity contribution in [3.8, 4) is 17.0 Å². The molecule has 2 aliphatic heterocycles. The SMILES string of the molecule is Cc1cc(Nc2nccn3c(-c4ccc(OC(F)F)cc4)cnc23)ccc1C(=O)N1CCN(CC2C[C@H](O)CN2)CC1. The lowest BCUT2D eigenvalue weighted by Crippen LogP contribution is -2.51. The maximum absolute atomic E-state index is 13.3. The topological polar surface area (TPSA) is 107 Å². The molecule has 1 amide bonds. The number of imidazole rings is 1. The number of carbonyl (C=O) groups is 1. The first-order valence-corrected chi connectivity index (χ1v) is 14.0. The lowest BCUT2D eigenvalue weighted by molar-refractivity contribution is -0.0498. The highest BCUT2D eigenvalue weighted by Gasteiger charge is 2.28. The molecular formula is C30H33F2N7O3. The Labute approximate surface area is 241 Å². The number of aliphatic hydroxyl groups is 1. The fourth-order valence-corrected chi connectivity index (χ4v) is 5.70. The third-order valence-electron chi connectivity index (χ3n) is 7.86. The second-order valence-electron chi connectivity index (χ2n) is 10.8. The van der Waals surface area contributed by atoms with E-state index in [0.717, 1.165) is 48.6 Å². The predicted octanol–water partition coefficient (Wildman–Crippen LogP) is 3.53. The molecule has 42 heavy (non-hydrogen) atoms. The number of amides is 1. The van der Waals surface area contributed by atoms with Crippen molar-refractivity contribution in [3.63, 3.8) is 0 Å². The summed E-state index contributed by atoms with van der Waals surface area (Å²) in [6.45, 7) is 3.56. The minimum absolute atomic E-state index is 0.0243. The normalized spacial score (nSPS) is 19.5. The number of alkyl halides is 2. The molecule has 0 aliphatic carbocycles. The van der Waals surface area contributed by atoms with Gasteiger partial charge in [0.05, 0.1) is 18.0 Å². The summed E-state index contributed by atoms with van der Waals surface area (Å²) in [5, 5.41) is 16.4. The number of hydrogen-bond acceptors (Lipinski definition) is 8. The molecule has 0 saturated carbocycles. The molecule has 0 bridgehead atoms. The van der Waals surface area contributed by atoms with E-state index in [2.05, 4.69) is 30.2 Å². The third kappa shape index (κ3) is 6.06. The number of piperazine rings is 1. The van der Waals surface area contributed by atoms with Gasteiger partial charge in [-0.15, -0.1) is 0 Å². The molecule has 0 radical (unpaired) electrons. The minimum Gasteiger partial charge on any atom is -0.435 e. The van der Waals surface area contributed by atoms with Crippen molar-refractivity contribution in [2.75, 3.05) is 44.6 Å². The molecule has 2 atom stereocenters. The summed E-state index contributed by atoms with van der Waals surface area (Å²) in [7, 11) is 0. The van der Waals surface area contributed by atoms with E-state index in [9.17, 15) is 18.7 Å². The second-order valence-corrected chi connectivity index (χ2v) is 10.8. The van der Waals surface area contributed by atoms with Gasteiger partial charge in [0, 0.05) is 74.5 Å². The van der Waals surface area contributed by atoms with Crippen molar-refractivity contribution in [2.24, 2.45) is 0 Å². The molecule has 2 fully saturated rings. The lowest BCUT2D eigenvalue weighted by atomic mass is 10.1. The molecule has 4 aromatic rings. The number of aromatic nitrogens is 3. The van der Waals surface area contributed by atoms with E-state index in [0.29, 0.717) is 42.7 Å². The number of anilines is 2. The van der Waals surface area contributed by atoms with Crippen molar-refractivity contribution < 1.29 is 23.4 Å². The van der Waals surface area contributed by atoms with E-state index in [-0.39, 0.29) is 17.8 Å². The number of rotatable bonds is 8. The molecule has 2 aromatic heterocycles. The van der Waals surface area contributed by atoms with E-state index in [4.69, 9.17) is 0 Å². The molecular weight excluding hydrogens is 544 g/mol. The first-order valence-electron chi connectivity index (χ1n) is 14.0. The summed E-state index contributed by atoms with van der Waals surface area (Å²) >= 11 is 0. The van der Waals surface area contributed by atoms with Crippen LogP contribution in [0.25, 0.3) is 16.9 Å². The van der Waals surface area contributed by atoms with Crippen molar-refractivity contribution >= 4 is 23.1 Å². The highest BCUT2D eigenvalue weighted by Crippen LogP contribution is 2.28. The van der Waals surface area contributed by atoms with Crippen molar-refractivity contribution in [1.82, 2.24) is 29.5 Å². The molecule has 2 saturated heterocycles. The second kappa shape index (κ2) is 12.0. The number of halogens is 2. The van der Waals surface area contributed by atoms with Crippen molar-refractivity contribution in [3.05, 3.63) is 72.2 Å². The van der Waals surface area contributed by atoms with Gasteiger partial charge >= 0.3 is 6.61 Å². The Hall–Kier alpha value is -4.13. The first-order chi connectivity index (χ1) is 20.3. The number of hydrogen-bond donors (Lipinski definition) is 3. The number of carbonyl (C=O) groups excluding carboxylic acids is 1. The molecule has 1 unspecified atom stereocenters. The van der Waals surface area contributed by atoms with Crippen LogP contribution in [-0.2, 0) is 0 Å². The molecule has 0 spiro atoms. The van der Waals surface area contributed by atoms with Crippen LogP contribution >= 0.6 is 0 Å². The first kappa shape index (κ1) is 28.0. The molecule has 10 nitrogen and oxygen atoms in total. The number of β-amino-alcohol motifs (C(OH)–C–C–N with tert-alkyl or cyclic N) is 1. The summed E-state index contributed by atoms with van der Waals surface area (Å²) < 4.78 is 31.3. The van der Waals surface area contributed by atoms with Crippen LogP contribution in [-0.4, -0.2) is 93.2 Å². The van der Waals surface area contributed by atoms with Crippen LogP contribution < -0.4 is 15.4 Å². The van der Waals surface area contributed by atoms with E-state index >= 15 is 0 Å². The highest BCUT2D eigenvalue weighted by molar-refractivity contribution is 5.96. The van der Waals surface area contributed by atoms with Gasteiger partial charge < -0.3 is 25.4 Å². The maximum Gasteiger partial charge on any atom is 0.387 e. The highest BCUT2D eigenvalue weighted by atomic mass is 19.3. The van der Waals surface area contributed by atoms with Gasteiger partial charge in [-0.2, -0.15) is 8.78 Å². The van der Waals surface area contributed by atoms with Gasteiger partial charge in [-0.25, -0.2) is 9.97 Å². The zero-order chi connectivity index (χ0) is 29.2. The fraction of sp³-hybridized carbons (Fsp3) is 0.367.